The number of aliphatic carboxylic acids is 1. The maximum Gasteiger partial charge on any atom is 0.490 e. The van der Waals surface area contributed by atoms with Crippen molar-refractivity contribution in [2.45, 2.75) is 37.3 Å². The van der Waals surface area contributed by atoms with Gasteiger partial charge in [-0.2, -0.15) is 26.3 Å². The Hall–Kier alpha value is -3.72. The van der Waals surface area contributed by atoms with Crippen molar-refractivity contribution in [2.75, 3.05) is 44.2 Å². The van der Waals surface area contributed by atoms with Crippen LogP contribution in [-0.2, 0) is 16.0 Å². The first-order chi connectivity index (χ1) is 19.6. The van der Waals surface area contributed by atoms with Gasteiger partial charge in [0.05, 0.1) is 0 Å². The minimum absolute atomic E-state index is 0.0625. The van der Waals surface area contributed by atoms with Crippen molar-refractivity contribution in [1.29, 1.82) is 0 Å². The van der Waals surface area contributed by atoms with Gasteiger partial charge in [-0.3, -0.25) is 9.69 Å². The largest absolute Gasteiger partial charge is 0.490 e. The average Bonchev–Trinajstić information content (AvgIpc) is 2.90. The van der Waals surface area contributed by atoms with Crippen LogP contribution in [0.25, 0.3) is 0 Å². The summed E-state index contributed by atoms with van der Waals surface area (Å²) in [4.78, 5) is 32.5. The molecule has 0 spiro atoms. The molecule has 0 saturated carbocycles. The topological polar surface area (TPSA) is 103 Å². The standard InChI is InChI=1S/C22H28FN5O.C3H3F3.C2HF3O2/c23-20-6-2-1-5-17(20)13-18(24)14-22(29)28-15-19(16-28)26-9-11-27(12-10-26)21-7-3-4-8-25-21;1-2-3(4,5)6;3-2(4,5)1(6)7/h1-8,18-19H,9-16,24H2;2H,1H2;(H,6,7)/t18-;;/m1../s1. The number of halogens is 7. The number of aromatic nitrogens is 1. The molecule has 3 N–H and O–H groups in total. The van der Waals surface area contributed by atoms with E-state index in [2.05, 4.69) is 21.4 Å². The number of hydrogen-bond acceptors (Lipinski definition) is 6. The van der Waals surface area contributed by atoms with Crippen molar-refractivity contribution in [3.05, 3.63) is 72.7 Å². The van der Waals surface area contributed by atoms with E-state index in [1.54, 1.807) is 18.2 Å². The van der Waals surface area contributed by atoms with Crippen LogP contribution in [0.15, 0.2) is 61.3 Å². The number of nitrogens with two attached hydrogens (primary N) is 1. The minimum atomic E-state index is -5.08. The third-order valence-corrected chi connectivity index (χ3v) is 6.37. The summed E-state index contributed by atoms with van der Waals surface area (Å²) in [6.45, 7) is 7.90. The number of likely N-dealkylation sites (tertiary alicyclic amines) is 1. The highest BCUT2D eigenvalue weighted by molar-refractivity contribution is 5.77. The number of carbonyl (C=O) groups is 2. The van der Waals surface area contributed by atoms with Crippen LogP contribution in [0.5, 0.6) is 0 Å². The summed E-state index contributed by atoms with van der Waals surface area (Å²) in [5.41, 5.74) is 6.67. The molecule has 2 fully saturated rings. The van der Waals surface area contributed by atoms with Crippen LogP contribution in [0.1, 0.15) is 12.0 Å². The molecule has 8 nitrogen and oxygen atoms in total. The zero-order valence-electron chi connectivity index (χ0n) is 22.5. The summed E-state index contributed by atoms with van der Waals surface area (Å²) in [6.07, 6.45) is -6.87. The van der Waals surface area contributed by atoms with Gasteiger partial charge in [0.1, 0.15) is 11.6 Å². The lowest BCUT2D eigenvalue weighted by Gasteiger charge is -2.48. The number of benzene rings is 1. The molecule has 3 heterocycles. The second kappa shape index (κ2) is 15.5. The second-order valence-electron chi connectivity index (χ2n) is 9.47. The molecule has 2 aromatic rings. The van der Waals surface area contributed by atoms with Gasteiger partial charge in [0.25, 0.3) is 0 Å². The highest BCUT2D eigenvalue weighted by atomic mass is 19.4. The predicted molar refractivity (Wildman–Crippen MR) is 141 cm³/mol. The van der Waals surface area contributed by atoms with Crippen LogP contribution in [-0.4, -0.2) is 95.5 Å². The molecule has 1 amide bonds. The summed E-state index contributed by atoms with van der Waals surface area (Å²) in [5, 5.41) is 7.12. The number of pyridine rings is 1. The summed E-state index contributed by atoms with van der Waals surface area (Å²) in [7, 11) is 0. The number of rotatable bonds is 6. The van der Waals surface area contributed by atoms with Gasteiger partial charge in [-0.1, -0.05) is 30.8 Å². The summed E-state index contributed by atoms with van der Waals surface area (Å²) in [6, 6.07) is 12.7. The molecule has 0 radical (unpaired) electrons. The predicted octanol–water partition coefficient (Wildman–Crippen LogP) is 3.88. The third-order valence-electron chi connectivity index (χ3n) is 6.37. The van der Waals surface area contributed by atoms with Crippen LogP contribution in [0.4, 0.5) is 36.6 Å². The summed E-state index contributed by atoms with van der Waals surface area (Å²) < 4.78 is 77.5. The summed E-state index contributed by atoms with van der Waals surface area (Å²) in [5.74, 6) is -1.92. The molecule has 0 aliphatic carbocycles. The first kappa shape index (κ1) is 34.5. The van der Waals surface area contributed by atoms with E-state index in [9.17, 15) is 35.5 Å². The van der Waals surface area contributed by atoms with Gasteiger partial charge >= 0.3 is 18.3 Å². The minimum Gasteiger partial charge on any atom is -0.475 e. The number of nitrogens with zero attached hydrogens (tertiary/aromatic N) is 4. The van der Waals surface area contributed by atoms with Gasteiger partial charge in [0, 0.05) is 70.0 Å². The van der Waals surface area contributed by atoms with Crippen molar-refractivity contribution in [2.24, 2.45) is 5.73 Å². The maximum atomic E-state index is 13.8. The van der Waals surface area contributed by atoms with Crippen molar-refractivity contribution < 1.29 is 45.4 Å². The molecule has 1 aromatic heterocycles. The first-order valence-electron chi connectivity index (χ1n) is 12.8. The van der Waals surface area contributed by atoms with Gasteiger partial charge in [-0.05, 0) is 30.2 Å². The number of carbonyl (C=O) groups excluding carboxylic acids is 1. The first-order valence-corrected chi connectivity index (χ1v) is 12.8. The van der Waals surface area contributed by atoms with Crippen LogP contribution < -0.4 is 10.6 Å². The Kier molecular flexibility index (Phi) is 12.7. The molecule has 4 rings (SSSR count). The number of carboxylic acid groups (broad SMARTS) is 1. The highest BCUT2D eigenvalue weighted by Gasteiger charge is 2.38. The van der Waals surface area contributed by atoms with E-state index in [1.165, 1.54) is 6.07 Å². The van der Waals surface area contributed by atoms with Gasteiger partial charge < -0.3 is 20.6 Å². The number of piperazine rings is 1. The Morgan fingerprint density at radius 2 is 1.57 bits per heavy atom. The fourth-order valence-electron chi connectivity index (χ4n) is 4.12. The van der Waals surface area contributed by atoms with Gasteiger partial charge in [0.15, 0.2) is 0 Å². The lowest BCUT2D eigenvalue weighted by atomic mass is 10.0. The van der Waals surface area contributed by atoms with E-state index in [0.29, 0.717) is 18.0 Å². The number of alkyl halides is 6. The Morgan fingerprint density at radius 1 is 1.02 bits per heavy atom. The van der Waals surface area contributed by atoms with E-state index in [0.717, 1.165) is 45.1 Å². The van der Waals surface area contributed by atoms with Crippen molar-refractivity contribution in [3.8, 4) is 0 Å². The van der Waals surface area contributed by atoms with Crippen LogP contribution >= 0.6 is 0 Å². The molecule has 2 saturated heterocycles. The second-order valence-corrected chi connectivity index (χ2v) is 9.47. The van der Waals surface area contributed by atoms with E-state index in [-0.39, 0.29) is 30.3 Å². The molecular weight excluding hydrogens is 575 g/mol. The number of hydrogen-bond donors (Lipinski definition) is 2. The fourth-order valence-corrected chi connectivity index (χ4v) is 4.12. The van der Waals surface area contributed by atoms with Crippen LogP contribution in [0.3, 0.4) is 0 Å². The zero-order valence-corrected chi connectivity index (χ0v) is 22.5. The normalized spacial score (nSPS) is 16.7. The lowest BCUT2D eigenvalue weighted by molar-refractivity contribution is -0.192. The lowest BCUT2D eigenvalue weighted by Crippen LogP contribution is -2.64. The van der Waals surface area contributed by atoms with E-state index >= 15 is 0 Å². The van der Waals surface area contributed by atoms with Crippen LogP contribution in [0, 0.1) is 5.82 Å². The van der Waals surface area contributed by atoms with E-state index in [1.807, 2.05) is 29.3 Å². The molecule has 2 aliphatic heterocycles. The van der Waals surface area contributed by atoms with E-state index in [4.69, 9.17) is 15.6 Å². The molecule has 15 heteroatoms. The smallest absolute Gasteiger partial charge is 0.475 e. The Labute approximate surface area is 238 Å². The average molecular weight is 608 g/mol. The van der Waals surface area contributed by atoms with E-state index < -0.39 is 18.3 Å². The molecule has 0 bridgehead atoms. The van der Waals surface area contributed by atoms with Crippen LogP contribution in [0.2, 0.25) is 0 Å². The van der Waals surface area contributed by atoms with Crippen molar-refractivity contribution in [3.63, 3.8) is 0 Å². The number of allylic oxidation sites excluding steroid dienone is 1. The Balaban J connectivity index is 0.000000397. The molecule has 2 aliphatic rings. The maximum absolute atomic E-state index is 13.8. The van der Waals surface area contributed by atoms with Gasteiger partial charge in [0.2, 0.25) is 5.91 Å². The highest BCUT2D eigenvalue weighted by Crippen LogP contribution is 2.21. The molecule has 1 atom stereocenters. The molecule has 0 unspecified atom stereocenters. The zero-order chi connectivity index (χ0) is 31.5. The number of carboxylic acids is 1. The van der Waals surface area contributed by atoms with Crippen molar-refractivity contribution >= 4 is 17.7 Å². The molecule has 232 valence electrons. The third kappa shape index (κ3) is 11.6. The Bertz CT molecular complexity index is 1150. The Morgan fingerprint density at radius 3 is 2.05 bits per heavy atom. The van der Waals surface area contributed by atoms with Gasteiger partial charge in [-0.15, -0.1) is 0 Å². The molecule has 42 heavy (non-hydrogen) atoms. The number of amides is 1. The summed E-state index contributed by atoms with van der Waals surface area (Å²) >= 11 is 0. The SMILES string of the molecule is C=CC(F)(F)F.N[C@@H](CC(=O)N1CC(N2CCN(c3ccccn3)CC2)C1)Cc1ccccc1F.O=C(O)C(F)(F)F. The fraction of sp³-hybridized carbons (Fsp3) is 0.444. The molecule has 1 aromatic carbocycles. The number of anilines is 1. The monoisotopic (exact) mass is 607 g/mol. The molecular formula is C27H32F7N5O3. The van der Waals surface area contributed by atoms with Gasteiger partial charge in [-0.25, -0.2) is 14.2 Å². The quantitative estimate of drug-likeness (QED) is 0.380. The van der Waals surface area contributed by atoms with Crippen molar-refractivity contribution in [1.82, 2.24) is 14.8 Å².